The average molecular weight is 337 g/mol. The molecule has 3 aromatic rings. The van der Waals surface area contributed by atoms with E-state index in [0.29, 0.717) is 5.56 Å². The Morgan fingerprint density at radius 1 is 1.00 bits per heavy atom. The number of nitrogens with zero attached hydrogens (tertiary/aromatic N) is 1. The molecule has 0 saturated heterocycles. The number of fused-ring (bicyclic) bond motifs is 1. The van der Waals surface area contributed by atoms with E-state index in [1.165, 1.54) is 5.56 Å². The molecule has 0 bridgehead atoms. The zero-order valence-electron chi connectivity index (χ0n) is 11.5. The highest BCUT2D eigenvalue weighted by molar-refractivity contribution is 9.10. The van der Waals surface area contributed by atoms with Gasteiger partial charge in [-0.2, -0.15) is 5.26 Å². The third-order valence-corrected chi connectivity index (χ3v) is 4.37. The summed E-state index contributed by atoms with van der Waals surface area (Å²) < 4.78 is 1.10. The minimum atomic E-state index is 0.697. The first-order valence-electron chi connectivity index (χ1n) is 6.64. The number of halogens is 1. The molecule has 21 heavy (non-hydrogen) atoms. The van der Waals surface area contributed by atoms with E-state index in [9.17, 15) is 5.26 Å². The lowest BCUT2D eigenvalue weighted by Gasteiger charge is -2.12. The Hall–Kier alpha value is -2.31. The number of aryl methyl sites for hydroxylation is 1. The molecule has 0 amide bonds. The maximum atomic E-state index is 9.21. The molecular weight excluding hydrogens is 324 g/mol. The molecule has 0 unspecified atom stereocenters. The standard InChI is InChI=1S/C18H13BrN2/c1-12-10-14(7-8-17(12)19)21-18-9-6-13(11-20)15-4-2-3-5-16(15)18/h2-10,21H,1H3. The number of hydrogen-bond donors (Lipinski definition) is 1. The van der Waals surface area contributed by atoms with Crippen molar-refractivity contribution in [2.75, 3.05) is 5.32 Å². The van der Waals surface area contributed by atoms with Crippen LogP contribution in [0.1, 0.15) is 11.1 Å². The normalized spacial score (nSPS) is 10.3. The van der Waals surface area contributed by atoms with Gasteiger partial charge in [-0.25, -0.2) is 0 Å². The second-order valence-corrected chi connectivity index (χ2v) is 5.76. The van der Waals surface area contributed by atoms with Crippen molar-refractivity contribution in [3.05, 3.63) is 70.2 Å². The van der Waals surface area contributed by atoms with Gasteiger partial charge in [-0.15, -0.1) is 0 Å². The number of benzene rings is 3. The first-order valence-corrected chi connectivity index (χ1v) is 7.43. The molecule has 102 valence electrons. The van der Waals surface area contributed by atoms with Gasteiger partial charge in [0.2, 0.25) is 0 Å². The number of rotatable bonds is 2. The molecule has 0 aliphatic rings. The van der Waals surface area contributed by atoms with E-state index in [-0.39, 0.29) is 0 Å². The Kier molecular flexibility index (Phi) is 3.64. The van der Waals surface area contributed by atoms with E-state index in [4.69, 9.17) is 0 Å². The summed E-state index contributed by atoms with van der Waals surface area (Å²) in [6.07, 6.45) is 0. The van der Waals surface area contributed by atoms with Gasteiger partial charge < -0.3 is 5.32 Å². The number of nitrogens with one attached hydrogen (secondary N) is 1. The molecule has 0 aliphatic carbocycles. The van der Waals surface area contributed by atoms with Crippen LogP contribution < -0.4 is 5.32 Å². The summed E-state index contributed by atoms with van der Waals surface area (Å²) in [5.74, 6) is 0. The van der Waals surface area contributed by atoms with Crippen molar-refractivity contribution in [2.24, 2.45) is 0 Å². The molecule has 0 aliphatic heterocycles. The van der Waals surface area contributed by atoms with Crippen LogP contribution in [0.2, 0.25) is 0 Å². The summed E-state index contributed by atoms with van der Waals surface area (Å²) in [5.41, 5.74) is 3.91. The molecule has 1 N–H and O–H groups in total. The predicted molar refractivity (Wildman–Crippen MR) is 90.8 cm³/mol. The van der Waals surface area contributed by atoms with E-state index >= 15 is 0 Å². The van der Waals surface area contributed by atoms with Crippen LogP contribution in [0.4, 0.5) is 11.4 Å². The highest BCUT2D eigenvalue weighted by atomic mass is 79.9. The maximum absolute atomic E-state index is 9.21. The second kappa shape index (κ2) is 5.59. The van der Waals surface area contributed by atoms with Crippen molar-refractivity contribution in [2.45, 2.75) is 6.92 Å². The Morgan fingerprint density at radius 3 is 2.48 bits per heavy atom. The molecule has 0 atom stereocenters. The topological polar surface area (TPSA) is 35.8 Å². The molecule has 3 heteroatoms. The Labute approximate surface area is 132 Å². The predicted octanol–water partition coefficient (Wildman–Crippen LogP) is 5.53. The van der Waals surface area contributed by atoms with Gasteiger partial charge in [0.1, 0.15) is 0 Å². The molecule has 0 heterocycles. The van der Waals surface area contributed by atoms with E-state index < -0.39 is 0 Å². The third kappa shape index (κ3) is 2.63. The highest BCUT2D eigenvalue weighted by Crippen LogP contribution is 2.30. The van der Waals surface area contributed by atoms with E-state index in [0.717, 1.165) is 26.6 Å². The van der Waals surface area contributed by atoms with Crippen molar-refractivity contribution < 1.29 is 0 Å². The Bertz CT molecular complexity index is 863. The fraction of sp³-hybridized carbons (Fsp3) is 0.0556. The Morgan fingerprint density at radius 2 is 1.76 bits per heavy atom. The minimum absolute atomic E-state index is 0.697. The molecule has 3 rings (SSSR count). The number of anilines is 2. The first-order chi connectivity index (χ1) is 10.2. The quantitative estimate of drug-likeness (QED) is 0.668. The van der Waals surface area contributed by atoms with Crippen LogP contribution in [0.15, 0.2) is 59.1 Å². The average Bonchev–Trinajstić information content (AvgIpc) is 2.51. The summed E-state index contributed by atoms with van der Waals surface area (Å²) in [5, 5.41) is 14.7. The monoisotopic (exact) mass is 336 g/mol. The van der Waals surface area contributed by atoms with Gasteiger partial charge in [0, 0.05) is 26.6 Å². The lowest BCUT2D eigenvalue weighted by atomic mass is 10.0. The fourth-order valence-electron chi connectivity index (χ4n) is 2.38. The minimum Gasteiger partial charge on any atom is -0.355 e. The van der Waals surface area contributed by atoms with Gasteiger partial charge in [-0.1, -0.05) is 40.2 Å². The summed E-state index contributed by atoms with van der Waals surface area (Å²) >= 11 is 3.51. The van der Waals surface area contributed by atoms with E-state index in [1.807, 2.05) is 48.5 Å². The summed E-state index contributed by atoms with van der Waals surface area (Å²) in [6.45, 7) is 2.06. The van der Waals surface area contributed by atoms with Gasteiger partial charge in [-0.3, -0.25) is 0 Å². The molecule has 2 nitrogen and oxygen atoms in total. The van der Waals surface area contributed by atoms with Crippen LogP contribution in [0, 0.1) is 18.3 Å². The van der Waals surface area contributed by atoms with Gasteiger partial charge in [0.25, 0.3) is 0 Å². The summed E-state index contributed by atoms with van der Waals surface area (Å²) in [7, 11) is 0. The second-order valence-electron chi connectivity index (χ2n) is 4.91. The van der Waals surface area contributed by atoms with Gasteiger partial charge in [0.15, 0.2) is 0 Å². The van der Waals surface area contributed by atoms with Crippen LogP contribution in [0.25, 0.3) is 10.8 Å². The van der Waals surface area contributed by atoms with Gasteiger partial charge in [-0.05, 0) is 42.8 Å². The van der Waals surface area contributed by atoms with Crippen molar-refractivity contribution >= 4 is 38.1 Å². The largest absolute Gasteiger partial charge is 0.355 e. The van der Waals surface area contributed by atoms with Crippen LogP contribution in [-0.4, -0.2) is 0 Å². The number of nitriles is 1. The van der Waals surface area contributed by atoms with Crippen LogP contribution >= 0.6 is 15.9 Å². The zero-order valence-corrected chi connectivity index (χ0v) is 13.1. The lowest BCUT2D eigenvalue weighted by molar-refractivity contribution is 1.42. The highest BCUT2D eigenvalue weighted by Gasteiger charge is 2.06. The first kappa shape index (κ1) is 13.7. The maximum Gasteiger partial charge on any atom is 0.0998 e. The molecule has 3 aromatic carbocycles. The van der Waals surface area contributed by atoms with E-state index in [1.54, 1.807) is 0 Å². The summed E-state index contributed by atoms with van der Waals surface area (Å²) in [6, 6.07) is 20.2. The van der Waals surface area contributed by atoms with Gasteiger partial charge >= 0.3 is 0 Å². The third-order valence-electron chi connectivity index (χ3n) is 3.48. The van der Waals surface area contributed by atoms with Crippen LogP contribution in [0.3, 0.4) is 0 Å². The van der Waals surface area contributed by atoms with E-state index in [2.05, 4.69) is 40.3 Å². The molecule has 0 radical (unpaired) electrons. The van der Waals surface area contributed by atoms with Crippen molar-refractivity contribution in [3.8, 4) is 6.07 Å². The molecule has 0 spiro atoms. The SMILES string of the molecule is Cc1cc(Nc2ccc(C#N)c3ccccc23)ccc1Br. The van der Waals surface area contributed by atoms with Crippen molar-refractivity contribution in [1.29, 1.82) is 5.26 Å². The summed E-state index contributed by atoms with van der Waals surface area (Å²) in [4.78, 5) is 0. The smallest absolute Gasteiger partial charge is 0.0998 e. The molecular formula is C18H13BrN2. The zero-order chi connectivity index (χ0) is 14.8. The molecule has 0 saturated carbocycles. The van der Waals surface area contributed by atoms with Crippen molar-refractivity contribution in [1.82, 2.24) is 0 Å². The fourth-order valence-corrected chi connectivity index (χ4v) is 2.63. The lowest BCUT2D eigenvalue weighted by Crippen LogP contribution is -1.93. The molecule has 0 fully saturated rings. The number of hydrogen-bond acceptors (Lipinski definition) is 2. The van der Waals surface area contributed by atoms with Crippen LogP contribution in [-0.2, 0) is 0 Å². The van der Waals surface area contributed by atoms with Crippen LogP contribution in [0.5, 0.6) is 0 Å². The molecule has 0 aromatic heterocycles. The van der Waals surface area contributed by atoms with Gasteiger partial charge in [0.05, 0.1) is 11.6 Å². The Balaban J connectivity index is 2.09. The van der Waals surface area contributed by atoms with Crippen molar-refractivity contribution in [3.63, 3.8) is 0 Å².